The van der Waals surface area contributed by atoms with Crippen molar-refractivity contribution in [2.45, 2.75) is 32.4 Å². The fourth-order valence-electron chi connectivity index (χ4n) is 3.84. The van der Waals surface area contributed by atoms with Gasteiger partial charge in [-0.3, -0.25) is 4.90 Å². The van der Waals surface area contributed by atoms with E-state index in [1.54, 1.807) is 34.1 Å². The molecule has 4 rings (SSSR count). The Morgan fingerprint density at radius 1 is 1.00 bits per heavy atom. The molecule has 2 aliphatic heterocycles. The Bertz CT molecular complexity index is 1040. The van der Waals surface area contributed by atoms with Crippen molar-refractivity contribution in [3.63, 3.8) is 0 Å². The van der Waals surface area contributed by atoms with Crippen molar-refractivity contribution in [3.8, 4) is 17.6 Å². The van der Waals surface area contributed by atoms with E-state index in [-0.39, 0.29) is 18.2 Å². The number of rotatable bonds is 3. The monoisotopic (exact) mass is 434 g/mol. The predicted octanol–water partition coefficient (Wildman–Crippen LogP) is 4.21. The summed E-state index contributed by atoms with van der Waals surface area (Å²) >= 11 is 0. The van der Waals surface area contributed by atoms with E-state index in [2.05, 4.69) is 6.07 Å². The van der Waals surface area contributed by atoms with Crippen molar-refractivity contribution in [1.82, 2.24) is 9.80 Å². The average molecular weight is 434 g/mol. The Hall–Kier alpha value is -3.73. The molecule has 0 spiro atoms. The van der Waals surface area contributed by atoms with Gasteiger partial charge in [0.15, 0.2) is 0 Å². The molecule has 8 nitrogen and oxygen atoms in total. The van der Waals surface area contributed by atoms with Gasteiger partial charge in [0, 0.05) is 31.9 Å². The van der Waals surface area contributed by atoms with Gasteiger partial charge in [-0.05, 0) is 69.3 Å². The van der Waals surface area contributed by atoms with Crippen LogP contribution in [0.4, 0.5) is 15.3 Å². The summed E-state index contributed by atoms with van der Waals surface area (Å²) in [6.45, 7) is 7.44. The highest BCUT2D eigenvalue weighted by molar-refractivity contribution is 5.95. The Balaban J connectivity index is 1.40. The Kier molecular flexibility index (Phi) is 5.66. The van der Waals surface area contributed by atoms with Crippen LogP contribution in [0.25, 0.3) is 0 Å². The van der Waals surface area contributed by atoms with E-state index in [4.69, 9.17) is 14.7 Å². The van der Waals surface area contributed by atoms with E-state index >= 15 is 0 Å². The normalized spacial score (nSPS) is 18.2. The quantitative estimate of drug-likeness (QED) is 0.722. The molecule has 0 bridgehead atoms. The molecule has 2 aromatic carbocycles. The molecule has 2 heterocycles. The molecular weight excluding hydrogens is 408 g/mol. The van der Waals surface area contributed by atoms with Crippen LogP contribution in [-0.2, 0) is 4.74 Å². The van der Waals surface area contributed by atoms with Crippen LogP contribution in [0.1, 0.15) is 26.3 Å². The number of nitrogens with zero attached hydrogens (tertiary/aromatic N) is 4. The number of carbonyl (C=O) groups excluding carboxylic acids is 2. The van der Waals surface area contributed by atoms with Crippen molar-refractivity contribution in [1.29, 1.82) is 5.26 Å². The Morgan fingerprint density at radius 3 is 2.22 bits per heavy atom. The lowest BCUT2D eigenvalue weighted by molar-refractivity contribution is 0.0128. The first-order valence-corrected chi connectivity index (χ1v) is 10.6. The molecule has 0 aliphatic carbocycles. The third-order valence-corrected chi connectivity index (χ3v) is 5.37. The van der Waals surface area contributed by atoms with Gasteiger partial charge in [0.1, 0.15) is 17.1 Å². The number of amides is 3. The maximum Gasteiger partial charge on any atom is 0.410 e. The van der Waals surface area contributed by atoms with Crippen LogP contribution in [0.5, 0.6) is 11.5 Å². The minimum Gasteiger partial charge on any atom is -0.457 e. The summed E-state index contributed by atoms with van der Waals surface area (Å²) in [4.78, 5) is 30.6. The molecule has 2 aliphatic rings. The van der Waals surface area contributed by atoms with E-state index in [0.717, 1.165) is 5.69 Å². The highest BCUT2D eigenvalue weighted by Crippen LogP contribution is 2.30. The van der Waals surface area contributed by atoms with Crippen LogP contribution >= 0.6 is 0 Å². The second-order valence-electron chi connectivity index (χ2n) is 8.90. The molecule has 2 fully saturated rings. The molecule has 2 aromatic rings. The van der Waals surface area contributed by atoms with Crippen LogP contribution in [0, 0.1) is 11.3 Å². The molecule has 32 heavy (non-hydrogen) atoms. The van der Waals surface area contributed by atoms with Gasteiger partial charge in [-0.2, -0.15) is 5.26 Å². The molecule has 0 N–H and O–H groups in total. The number of anilines is 1. The zero-order valence-electron chi connectivity index (χ0n) is 18.4. The van der Waals surface area contributed by atoms with Crippen LogP contribution in [0.15, 0.2) is 48.5 Å². The maximum absolute atomic E-state index is 12.9. The summed E-state index contributed by atoms with van der Waals surface area (Å²) in [6.07, 6.45) is -0.340. The van der Waals surface area contributed by atoms with Gasteiger partial charge >= 0.3 is 12.1 Å². The minimum absolute atomic E-state index is 0.0559. The van der Waals surface area contributed by atoms with E-state index in [1.807, 2.05) is 49.9 Å². The summed E-state index contributed by atoms with van der Waals surface area (Å²) in [5.41, 5.74) is 0.801. The maximum atomic E-state index is 12.9. The summed E-state index contributed by atoms with van der Waals surface area (Å²) in [5.74, 6) is 1.27. The smallest absolute Gasteiger partial charge is 0.410 e. The predicted molar refractivity (Wildman–Crippen MR) is 119 cm³/mol. The summed E-state index contributed by atoms with van der Waals surface area (Å²) in [5, 5.41) is 8.89. The Labute approximate surface area is 187 Å². The molecule has 0 radical (unpaired) electrons. The van der Waals surface area contributed by atoms with E-state index in [9.17, 15) is 9.59 Å². The second-order valence-corrected chi connectivity index (χ2v) is 8.90. The number of piperazine rings is 1. The number of fused-ring (bicyclic) bond motifs is 1. The number of benzene rings is 2. The number of urea groups is 1. The first-order valence-electron chi connectivity index (χ1n) is 10.6. The van der Waals surface area contributed by atoms with Crippen LogP contribution in [0.3, 0.4) is 0 Å². The standard InChI is InChI=1S/C24H26N4O4/c1-24(2,3)32-23(30)26-12-13-27-19(15-26)16-28(22(27)29)18-6-10-21(11-7-18)31-20-8-4-17(14-25)5-9-20/h4-11,19H,12-13,15-16H2,1-3H3. The lowest BCUT2D eigenvalue weighted by Crippen LogP contribution is -2.54. The Morgan fingerprint density at radius 2 is 1.62 bits per heavy atom. The highest BCUT2D eigenvalue weighted by Gasteiger charge is 2.42. The number of nitriles is 1. The SMILES string of the molecule is CC(C)(C)OC(=O)N1CCN2C(=O)N(c3ccc(Oc4ccc(C#N)cc4)cc3)CC2C1. The van der Waals surface area contributed by atoms with Gasteiger partial charge in [0.2, 0.25) is 0 Å². The minimum atomic E-state index is -0.548. The topological polar surface area (TPSA) is 86.1 Å². The zero-order chi connectivity index (χ0) is 22.9. The molecule has 0 aromatic heterocycles. The third kappa shape index (κ3) is 4.62. The van der Waals surface area contributed by atoms with Crippen molar-refractivity contribution in [3.05, 3.63) is 54.1 Å². The number of ether oxygens (including phenoxy) is 2. The molecule has 3 amide bonds. The fourth-order valence-corrected chi connectivity index (χ4v) is 3.84. The van der Waals surface area contributed by atoms with Crippen molar-refractivity contribution >= 4 is 17.8 Å². The molecule has 2 saturated heterocycles. The second kappa shape index (κ2) is 8.42. The van der Waals surface area contributed by atoms with Crippen molar-refractivity contribution in [2.24, 2.45) is 0 Å². The van der Waals surface area contributed by atoms with E-state index in [0.29, 0.717) is 43.2 Å². The largest absolute Gasteiger partial charge is 0.457 e. The van der Waals surface area contributed by atoms with Gasteiger partial charge in [-0.1, -0.05) is 0 Å². The molecule has 8 heteroatoms. The van der Waals surface area contributed by atoms with Crippen molar-refractivity contribution in [2.75, 3.05) is 31.1 Å². The van der Waals surface area contributed by atoms with Crippen LogP contribution < -0.4 is 9.64 Å². The fraction of sp³-hybridized carbons (Fsp3) is 0.375. The molecule has 1 unspecified atom stereocenters. The van der Waals surface area contributed by atoms with E-state index < -0.39 is 5.60 Å². The zero-order valence-corrected chi connectivity index (χ0v) is 18.4. The molecular formula is C24H26N4O4. The first-order chi connectivity index (χ1) is 15.2. The summed E-state index contributed by atoms with van der Waals surface area (Å²) in [6, 6.07) is 16.1. The number of hydrogen-bond donors (Lipinski definition) is 0. The van der Waals surface area contributed by atoms with Gasteiger partial charge < -0.3 is 19.3 Å². The van der Waals surface area contributed by atoms with Gasteiger partial charge in [0.05, 0.1) is 17.7 Å². The average Bonchev–Trinajstić information content (AvgIpc) is 3.09. The van der Waals surface area contributed by atoms with Gasteiger partial charge in [-0.15, -0.1) is 0 Å². The van der Waals surface area contributed by atoms with Gasteiger partial charge in [-0.25, -0.2) is 9.59 Å². The number of carbonyl (C=O) groups is 2. The first kappa shape index (κ1) is 21.5. The summed E-state index contributed by atoms with van der Waals surface area (Å²) < 4.78 is 11.3. The third-order valence-electron chi connectivity index (χ3n) is 5.37. The summed E-state index contributed by atoms with van der Waals surface area (Å²) in [7, 11) is 0. The molecule has 1 atom stereocenters. The molecule has 0 saturated carbocycles. The van der Waals surface area contributed by atoms with E-state index in [1.165, 1.54) is 0 Å². The number of hydrogen-bond acceptors (Lipinski definition) is 5. The highest BCUT2D eigenvalue weighted by atomic mass is 16.6. The lowest BCUT2D eigenvalue weighted by atomic mass is 10.2. The van der Waals surface area contributed by atoms with Gasteiger partial charge in [0.25, 0.3) is 0 Å². The van der Waals surface area contributed by atoms with Crippen LogP contribution in [0.2, 0.25) is 0 Å². The van der Waals surface area contributed by atoms with Crippen LogP contribution in [-0.4, -0.2) is 59.7 Å². The van der Waals surface area contributed by atoms with Crippen molar-refractivity contribution < 1.29 is 19.1 Å². The molecule has 166 valence electrons. The lowest BCUT2D eigenvalue weighted by Gasteiger charge is -2.36.